The van der Waals surface area contributed by atoms with Crippen molar-refractivity contribution in [3.8, 4) is 0 Å². The van der Waals surface area contributed by atoms with Crippen LogP contribution in [0.25, 0.3) is 0 Å². The van der Waals surface area contributed by atoms with E-state index in [0.29, 0.717) is 19.7 Å². The zero-order chi connectivity index (χ0) is 15.4. The standard InChI is InChI=1S/C15H30N2O3/c1-6-19-15(5,11-16)12-8-7-9-17(10-12)13(18)20-14(2,3)4/h12H,6-11,16H2,1-5H3. The van der Waals surface area contributed by atoms with E-state index >= 15 is 0 Å². The molecule has 1 saturated heterocycles. The first kappa shape index (κ1) is 17.2. The first-order chi connectivity index (χ1) is 9.22. The average Bonchev–Trinajstić information content (AvgIpc) is 2.37. The van der Waals surface area contributed by atoms with Gasteiger partial charge in [-0.1, -0.05) is 0 Å². The third-order valence-electron chi connectivity index (χ3n) is 3.82. The fourth-order valence-electron chi connectivity index (χ4n) is 2.64. The Morgan fingerprint density at radius 3 is 2.50 bits per heavy atom. The Kier molecular flexibility index (Phi) is 5.83. The van der Waals surface area contributed by atoms with Crippen molar-refractivity contribution in [1.82, 2.24) is 4.90 Å². The molecule has 0 bridgehead atoms. The molecular weight excluding hydrogens is 256 g/mol. The molecule has 2 atom stereocenters. The predicted octanol–water partition coefficient (Wildman–Crippen LogP) is 2.39. The number of carbonyl (C=O) groups excluding carboxylic acids is 1. The molecule has 1 rings (SSSR count). The van der Waals surface area contributed by atoms with Gasteiger partial charge < -0.3 is 20.1 Å². The van der Waals surface area contributed by atoms with E-state index in [0.717, 1.165) is 19.4 Å². The third kappa shape index (κ3) is 4.63. The highest BCUT2D eigenvalue weighted by molar-refractivity contribution is 5.68. The summed E-state index contributed by atoms with van der Waals surface area (Å²) in [5.74, 6) is 0.258. The van der Waals surface area contributed by atoms with Crippen molar-refractivity contribution in [3.63, 3.8) is 0 Å². The molecular formula is C15H30N2O3. The molecule has 0 aromatic rings. The number of hydrogen-bond donors (Lipinski definition) is 1. The van der Waals surface area contributed by atoms with E-state index in [9.17, 15) is 4.79 Å². The minimum atomic E-state index is -0.457. The van der Waals surface area contributed by atoms with E-state index in [-0.39, 0.29) is 17.6 Å². The lowest BCUT2D eigenvalue weighted by Gasteiger charge is -2.42. The molecule has 1 aliphatic rings. The number of hydrogen-bond acceptors (Lipinski definition) is 4. The maximum Gasteiger partial charge on any atom is 0.410 e. The number of likely N-dealkylation sites (tertiary alicyclic amines) is 1. The van der Waals surface area contributed by atoms with Crippen molar-refractivity contribution in [2.45, 2.75) is 58.7 Å². The molecule has 0 spiro atoms. The Morgan fingerprint density at radius 2 is 2.00 bits per heavy atom. The van der Waals surface area contributed by atoms with Crippen molar-refractivity contribution < 1.29 is 14.3 Å². The lowest BCUT2D eigenvalue weighted by Crippen LogP contribution is -2.53. The maximum atomic E-state index is 12.2. The molecule has 0 radical (unpaired) electrons. The molecule has 2 N–H and O–H groups in total. The molecule has 2 unspecified atom stereocenters. The van der Waals surface area contributed by atoms with Gasteiger partial charge in [0, 0.05) is 32.2 Å². The normalized spacial score (nSPS) is 23.3. The van der Waals surface area contributed by atoms with Gasteiger partial charge in [-0.05, 0) is 47.5 Å². The van der Waals surface area contributed by atoms with E-state index < -0.39 is 5.60 Å². The molecule has 0 saturated carbocycles. The Bertz CT molecular complexity index is 328. The molecule has 1 aliphatic heterocycles. The highest BCUT2D eigenvalue weighted by Crippen LogP contribution is 2.30. The van der Waals surface area contributed by atoms with Crippen LogP contribution in [0.2, 0.25) is 0 Å². The molecule has 5 nitrogen and oxygen atoms in total. The number of nitrogens with zero attached hydrogens (tertiary/aromatic N) is 1. The van der Waals surface area contributed by atoms with Crippen molar-refractivity contribution in [1.29, 1.82) is 0 Å². The summed E-state index contributed by atoms with van der Waals surface area (Å²) in [4.78, 5) is 13.9. The van der Waals surface area contributed by atoms with E-state index in [1.54, 1.807) is 4.90 Å². The van der Waals surface area contributed by atoms with Crippen LogP contribution >= 0.6 is 0 Å². The van der Waals surface area contributed by atoms with Crippen molar-refractivity contribution in [2.24, 2.45) is 11.7 Å². The lowest BCUT2D eigenvalue weighted by atomic mass is 9.82. The van der Waals surface area contributed by atoms with Gasteiger partial charge in [-0.3, -0.25) is 0 Å². The number of amides is 1. The number of nitrogens with two attached hydrogens (primary N) is 1. The average molecular weight is 286 g/mol. The fourth-order valence-corrected chi connectivity index (χ4v) is 2.64. The van der Waals surface area contributed by atoms with E-state index in [2.05, 4.69) is 0 Å². The van der Waals surface area contributed by atoms with Crippen LogP contribution in [0.5, 0.6) is 0 Å². The third-order valence-corrected chi connectivity index (χ3v) is 3.82. The minimum absolute atomic E-state index is 0.238. The van der Waals surface area contributed by atoms with Gasteiger partial charge in [0.25, 0.3) is 0 Å². The van der Waals surface area contributed by atoms with Crippen LogP contribution in [0.4, 0.5) is 4.79 Å². The first-order valence-electron chi connectivity index (χ1n) is 7.54. The van der Waals surface area contributed by atoms with Crippen LogP contribution in [-0.2, 0) is 9.47 Å². The summed E-state index contributed by atoms with van der Waals surface area (Å²) >= 11 is 0. The fraction of sp³-hybridized carbons (Fsp3) is 0.933. The van der Waals surface area contributed by atoms with Crippen LogP contribution in [-0.4, -0.2) is 48.4 Å². The number of ether oxygens (including phenoxy) is 2. The summed E-state index contributed by atoms with van der Waals surface area (Å²) in [6.45, 7) is 12.2. The highest BCUT2D eigenvalue weighted by Gasteiger charge is 2.38. The number of piperidine rings is 1. The van der Waals surface area contributed by atoms with Gasteiger partial charge in [-0.25, -0.2) is 4.79 Å². The Balaban J connectivity index is 2.68. The summed E-state index contributed by atoms with van der Waals surface area (Å²) in [6.07, 6.45) is 1.76. The monoisotopic (exact) mass is 286 g/mol. The summed E-state index contributed by atoms with van der Waals surface area (Å²) < 4.78 is 11.3. The number of rotatable bonds is 4. The Morgan fingerprint density at radius 1 is 1.35 bits per heavy atom. The molecule has 1 fully saturated rings. The van der Waals surface area contributed by atoms with Gasteiger partial charge in [0.1, 0.15) is 5.60 Å². The summed E-state index contributed by atoms with van der Waals surface area (Å²) in [5, 5.41) is 0. The summed E-state index contributed by atoms with van der Waals surface area (Å²) in [6, 6.07) is 0. The topological polar surface area (TPSA) is 64.8 Å². The molecule has 0 aliphatic carbocycles. The van der Waals surface area contributed by atoms with Crippen LogP contribution in [0.3, 0.4) is 0 Å². The zero-order valence-corrected chi connectivity index (χ0v) is 13.6. The predicted molar refractivity (Wildman–Crippen MR) is 79.6 cm³/mol. The zero-order valence-electron chi connectivity index (χ0n) is 13.6. The smallest absolute Gasteiger partial charge is 0.410 e. The first-order valence-corrected chi connectivity index (χ1v) is 7.54. The van der Waals surface area contributed by atoms with Crippen LogP contribution in [0.1, 0.15) is 47.5 Å². The molecule has 1 amide bonds. The maximum absolute atomic E-state index is 12.2. The van der Waals surface area contributed by atoms with Gasteiger partial charge in [-0.2, -0.15) is 0 Å². The Hall–Kier alpha value is -0.810. The van der Waals surface area contributed by atoms with Crippen LogP contribution < -0.4 is 5.73 Å². The van der Waals surface area contributed by atoms with Crippen LogP contribution in [0, 0.1) is 5.92 Å². The lowest BCUT2D eigenvalue weighted by molar-refractivity contribution is -0.0813. The van der Waals surface area contributed by atoms with Crippen molar-refractivity contribution >= 4 is 6.09 Å². The number of carbonyl (C=O) groups is 1. The van der Waals surface area contributed by atoms with E-state index in [1.807, 2.05) is 34.6 Å². The molecule has 1 heterocycles. The molecule has 5 heteroatoms. The minimum Gasteiger partial charge on any atom is -0.444 e. The van der Waals surface area contributed by atoms with Gasteiger partial charge in [0.15, 0.2) is 0 Å². The Labute approximate surface area is 122 Å². The van der Waals surface area contributed by atoms with Crippen LogP contribution in [0.15, 0.2) is 0 Å². The summed E-state index contributed by atoms with van der Waals surface area (Å²) in [7, 11) is 0. The molecule has 0 aromatic carbocycles. The molecule has 0 aromatic heterocycles. The SMILES string of the molecule is CCOC(C)(CN)C1CCCN(C(=O)OC(C)(C)C)C1. The van der Waals surface area contributed by atoms with E-state index in [4.69, 9.17) is 15.2 Å². The van der Waals surface area contributed by atoms with Gasteiger partial charge >= 0.3 is 6.09 Å². The largest absolute Gasteiger partial charge is 0.444 e. The second-order valence-electron chi connectivity index (χ2n) is 6.72. The quantitative estimate of drug-likeness (QED) is 0.862. The van der Waals surface area contributed by atoms with Crippen molar-refractivity contribution in [3.05, 3.63) is 0 Å². The second kappa shape index (κ2) is 6.76. The summed E-state index contributed by atoms with van der Waals surface area (Å²) in [5.41, 5.74) is 5.06. The van der Waals surface area contributed by atoms with Crippen molar-refractivity contribution in [2.75, 3.05) is 26.2 Å². The molecule has 20 heavy (non-hydrogen) atoms. The van der Waals surface area contributed by atoms with E-state index in [1.165, 1.54) is 0 Å². The molecule has 118 valence electrons. The highest BCUT2D eigenvalue weighted by atomic mass is 16.6. The van der Waals surface area contributed by atoms with Gasteiger partial charge in [0.2, 0.25) is 0 Å². The van der Waals surface area contributed by atoms with Gasteiger partial charge in [0.05, 0.1) is 5.60 Å². The van der Waals surface area contributed by atoms with Gasteiger partial charge in [-0.15, -0.1) is 0 Å². The second-order valence-corrected chi connectivity index (χ2v) is 6.72.